The van der Waals surface area contributed by atoms with Crippen LogP contribution in [-0.4, -0.2) is 11.2 Å². The van der Waals surface area contributed by atoms with Gasteiger partial charge < -0.3 is 5.11 Å². The van der Waals surface area contributed by atoms with Gasteiger partial charge in [-0.15, -0.1) is 0 Å². The molecular weight excluding hydrogens is 287 g/mol. The van der Waals surface area contributed by atoms with Crippen LogP contribution in [0.4, 0.5) is 0 Å². The number of halogens is 1. The average Bonchev–Trinajstić information content (AvgIpc) is 2.19. The Labute approximate surface area is 98.7 Å². The number of aliphatic hydroxyl groups excluding tert-OH is 1. The topological polar surface area (TPSA) is 20.2 Å². The van der Waals surface area contributed by atoms with Crippen molar-refractivity contribution in [3.05, 3.63) is 33.4 Å². The standard InChI is InChI=1S/C12H15IO/c13-11-6-4-9(5-7-11)10-2-1-3-12(14)8-10/h4-7,10,12,14H,1-3,8H2. The van der Waals surface area contributed by atoms with Crippen molar-refractivity contribution in [2.75, 3.05) is 0 Å². The van der Waals surface area contributed by atoms with Crippen LogP contribution in [0.15, 0.2) is 24.3 Å². The Morgan fingerprint density at radius 3 is 2.50 bits per heavy atom. The summed E-state index contributed by atoms with van der Waals surface area (Å²) in [6, 6.07) is 8.70. The molecule has 2 atom stereocenters. The summed E-state index contributed by atoms with van der Waals surface area (Å²) >= 11 is 2.32. The maximum Gasteiger partial charge on any atom is 0.0546 e. The van der Waals surface area contributed by atoms with Gasteiger partial charge in [-0.1, -0.05) is 18.6 Å². The van der Waals surface area contributed by atoms with Gasteiger partial charge in [-0.2, -0.15) is 0 Å². The van der Waals surface area contributed by atoms with Crippen molar-refractivity contribution in [3.63, 3.8) is 0 Å². The smallest absolute Gasteiger partial charge is 0.0546 e. The van der Waals surface area contributed by atoms with E-state index in [2.05, 4.69) is 46.9 Å². The molecule has 76 valence electrons. The molecule has 2 unspecified atom stereocenters. The Bertz CT molecular complexity index is 294. The highest BCUT2D eigenvalue weighted by atomic mass is 127. The highest BCUT2D eigenvalue weighted by Crippen LogP contribution is 2.32. The highest BCUT2D eigenvalue weighted by Gasteiger charge is 2.21. The van der Waals surface area contributed by atoms with Crippen LogP contribution in [0.2, 0.25) is 0 Å². The SMILES string of the molecule is OC1CCCC(c2ccc(I)cc2)C1. The second-order valence-electron chi connectivity index (χ2n) is 4.07. The summed E-state index contributed by atoms with van der Waals surface area (Å²) in [7, 11) is 0. The molecule has 0 amide bonds. The predicted octanol–water partition coefficient (Wildman–Crippen LogP) is 3.31. The van der Waals surface area contributed by atoms with E-state index >= 15 is 0 Å². The molecule has 2 rings (SSSR count). The fourth-order valence-corrected chi connectivity index (χ4v) is 2.56. The molecule has 1 aromatic rings. The van der Waals surface area contributed by atoms with Gasteiger partial charge in [0.05, 0.1) is 6.10 Å². The van der Waals surface area contributed by atoms with Crippen LogP contribution in [0.5, 0.6) is 0 Å². The molecule has 0 spiro atoms. The number of hydrogen-bond acceptors (Lipinski definition) is 1. The summed E-state index contributed by atoms with van der Waals surface area (Å²) in [6.45, 7) is 0. The molecule has 1 aliphatic carbocycles. The largest absolute Gasteiger partial charge is 0.393 e. The molecule has 1 aromatic carbocycles. The Morgan fingerprint density at radius 2 is 1.86 bits per heavy atom. The molecule has 1 aliphatic rings. The molecule has 14 heavy (non-hydrogen) atoms. The lowest BCUT2D eigenvalue weighted by Gasteiger charge is -2.26. The quantitative estimate of drug-likeness (QED) is 0.789. The molecule has 0 bridgehead atoms. The molecule has 0 aliphatic heterocycles. The van der Waals surface area contributed by atoms with E-state index in [0.29, 0.717) is 5.92 Å². The van der Waals surface area contributed by atoms with Gasteiger partial charge in [0.15, 0.2) is 0 Å². The van der Waals surface area contributed by atoms with Gasteiger partial charge in [0, 0.05) is 3.57 Å². The summed E-state index contributed by atoms with van der Waals surface area (Å²) in [6.07, 6.45) is 4.25. The molecule has 0 aromatic heterocycles. The number of benzene rings is 1. The predicted molar refractivity (Wildman–Crippen MR) is 66.4 cm³/mol. The molecule has 1 nitrogen and oxygen atoms in total. The maximum absolute atomic E-state index is 9.59. The van der Waals surface area contributed by atoms with Crippen molar-refractivity contribution >= 4 is 22.6 Å². The molecule has 1 N–H and O–H groups in total. The van der Waals surface area contributed by atoms with Gasteiger partial charge in [0.25, 0.3) is 0 Å². The van der Waals surface area contributed by atoms with E-state index in [4.69, 9.17) is 0 Å². The van der Waals surface area contributed by atoms with Crippen LogP contribution < -0.4 is 0 Å². The van der Waals surface area contributed by atoms with Crippen molar-refractivity contribution in [2.45, 2.75) is 37.7 Å². The third-order valence-corrected chi connectivity index (χ3v) is 3.71. The lowest BCUT2D eigenvalue weighted by Crippen LogP contribution is -2.18. The van der Waals surface area contributed by atoms with E-state index in [1.165, 1.54) is 15.6 Å². The minimum Gasteiger partial charge on any atom is -0.393 e. The Kier molecular flexibility index (Phi) is 3.44. The summed E-state index contributed by atoms with van der Waals surface area (Å²) in [5, 5.41) is 9.59. The minimum absolute atomic E-state index is 0.0759. The van der Waals surface area contributed by atoms with Gasteiger partial charge in [-0.3, -0.25) is 0 Å². The maximum atomic E-state index is 9.59. The zero-order valence-electron chi connectivity index (χ0n) is 8.12. The van der Waals surface area contributed by atoms with Gasteiger partial charge in [-0.25, -0.2) is 0 Å². The molecule has 0 radical (unpaired) electrons. The van der Waals surface area contributed by atoms with Crippen molar-refractivity contribution in [3.8, 4) is 0 Å². The van der Waals surface area contributed by atoms with E-state index < -0.39 is 0 Å². The fraction of sp³-hybridized carbons (Fsp3) is 0.500. The van der Waals surface area contributed by atoms with Gasteiger partial charge in [-0.05, 0) is 65.5 Å². The van der Waals surface area contributed by atoms with E-state index in [1.54, 1.807) is 0 Å². The van der Waals surface area contributed by atoms with Crippen LogP contribution in [0.3, 0.4) is 0 Å². The van der Waals surface area contributed by atoms with Crippen molar-refractivity contribution in [1.29, 1.82) is 0 Å². The fourth-order valence-electron chi connectivity index (χ4n) is 2.20. The monoisotopic (exact) mass is 302 g/mol. The Hall–Kier alpha value is -0.0900. The van der Waals surface area contributed by atoms with E-state index in [0.717, 1.165) is 19.3 Å². The van der Waals surface area contributed by atoms with E-state index in [9.17, 15) is 5.11 Å². The van der Waals surface area contributed by atoms with Crippen LogP contribution >= 0.6 is 22.6 Å². The summed E-state index contributed by atoms with van der Waals surface area (Å²) in [5.74, 6) is 0.579. The lowest BCUT2D eigenvalue weighted by molar-refractivity contribution is 0.119. The van der Waals surface area contributed by atoms with Crippen molar-refractivity contribution in [1.82, 2.24) is 0 Å². The Balaban J connectivity index is 2.10. The first-order valence-electron chi connectivity index (χ1n) is 5.19. The summed E-state index contributed by atoms with van der Waals surface area (Å²) < 4.78 is 1.28. The molecule has 1 saturated carbocycles. The van der Waals surface area contributed by atoms with Crippen LogP contribution in [0, 0.1) is 3.57 Å². The zero-order valence-corrected chi connectivity index (χ0v) is 10.3. The third kappa shape index (κ3) is 2.48. The highest BCUT2D eigenvalue weighted by molar-refractivity contribution is 14.1. The molecule has 1 fully saturated rings. The summed E-state index contributed by atoms with van der Waals surface area (Å²) in [4.78, 5) is 0. The second-order valence-corrected chi connectivity index (χ2v) is 5.31. The average molecular weight is 302 g/mol. The first-order valence-corrected chi connectivity index (χ1v) is 6.27. The van der Waals surface area contributed by atoms with Gasteiger partial charge in [0.2, 0.25) is 0 Å². The van der Waals surface area contributed by atoms with Crippen LogP contribution in [0.25, 0.3) is 0 Å². The first-order chi connectivity index (χ1) is 6.75. The second kappa shape index (κ2) is 4.62. The molecule has 0 heterocycles. The number of rotatable bonds is 1. The molecule has 2 heteroatoms. The summed E-state index contributed by atoms with van der Waals surface area (Å²) in [5.41, 5.74) is 1.39. The number of hydrogen-bond donors (Lipinski definition) is 1. The van der Waals surface area contributed by atoms with Crippen LogP contribution in [0.1, 0.15) is 37.2 Å². The van der Waals surface area contributed by atoms with Gasteiger partial charge in [0.1, 0.15) is 0 Å². The third-order valence-electron chi connectivity index (χ3n) is 2.99. The van der Waals surface area contributed by atoms with E-state index in [1.807, 2.05) is 0 Å². The zero-order chi connectivity index (χ0) is 9.97. The normalized spacial score (nSPS) is 27.6. The molecule has 0 saturated heterocycles. The van der Waals surface area contributed by atoms with E-state index in [-0.39, 0.29) is 6.10 Å². The minimum atomic E-state index is -0.0759. The Morgan fingerprint density at radius 1 is 1.14 bits per heavy atom. The first kappa shape index (κ1) is 10.4. The molecular formula is C12H15IO. The lowest BCUT2D eigenvalue weighted by atomic mass is 9.83. The van der Waals surface area contributed by atoms with Gasteiger partial charge >= 0.3 is 0 Å². The van der Waals surface area contributed by atoms with Crippen LogP contribution in [-0.2, 0) is 0 Å². The number of aliphatic hydroxyl groups is 1. The van der Waals surface area contributed by atoms with Crippen molar-refractivity contribution < 1.29 is 5.11 Å². The van der Waals surface area contributed by atoms with Crippen molar-refractivity contribution in [2.24, 2.45) is 0 Å².